The summed E-state index contributed by atoms with van der Waals surface area (Å²) < 4.78 is 5.28. The van der Waals surface area contributed by atoms with Gasteiger partial charge in [-0.15, -0.1) is 0 Å². The SMILES string of the molecule is CC(C)(C)OC(=O)/C=C/c1cc(-c2cn[nH]c2)c2ccc(Cl)c(Cl)c2n1. The topological polar surface area (TPSA) is 67.9 Å². The maximum atomic E-state index is 11.9. The first-order chi connectivity index (χ1) is 12.2. The van der Waals surface area contributed by atoms with Crippen LogP contribution in [0.5, 0.6) is 0 Å². The molecule has 0 spiro atoms. The van der Waals surface area contributed by atoms with Gasteiger partial charge in [-0.2, -0.15) is 5.10 Å². The summed E-state index contributed by atoms with van der Waals surface area (Å²) in [5.41, 5.74) is 2.32. The number of aromatic nitrogens is 3. The quantitative estimate of drug-likeness (QED) is 0.488. The second-order valence-corrected chi connectivity index (χ2v) is 7.49. The second-order valence-electron chi connectivity index (χ2n) is 6.71. The molecule has 0 saturated carbocycles. The molecule has 0 bridgehead atoms. The van der Waals surface area contributed by atoms with E-state index in [1.165, 1.54) is 6.08 Å². The minimum Gasteiger partial charge on any atom is -0.457 e. The predicted octanol–water partition coefficient (Wildman–Crippen LogP) is 5.29. The van der Waals surface area contributed by atoms with Crippen LogP contribution in [-0.2, 0) is 9.53 Å². The summed E-state index contributed by atoms with van der Waals surface area (Å²) in [6.45, 7) is 5.43. The molecule has 0 aliphatic rings. The standard InChI is InChI=1S/C19H17Cl2N3O2/c1-19(2,3)26-16(25)7-4-12-8-14(11-9-22-23-10-11)13-5-6-15(20)17(21)18(13)24-12/h4-10H,1-3H3,(H,22,23)/b7-4+. The Morgan fingerprint density at radius 2 is 2.04 bits per heavy atom. The number of hydrogen-bond donors (Lipinski definition) is 1. The molecule has 2 aromatic heterocycles. The normalized spacial score (nSPS) is 12.0. The van der Waals surface area contributed by atoms with E-state index in [4.69, 9.17) is 27.9 Å². The maximum Gasteiger partial charge on any atom is 0.331 e. The number of halogens is 2. The zero-order chi connectivity index (χ0) is 18.9. The predicted molar refractivity (Wildman–Crippen MR) is 104 cm³/mol. The first kappa shape index (κ1) is 18.4. The summed E-state index contributed by atoms with van der Waals surface area (Å²) >= 11 is 12.5. The van der Waals surface area contributed by atoms with Crippen molar-refractivity contribution in [2.75, 3.05) is 0 Å². The van der Waals surface area contributed by atoms with E-state index in [9.17, 15) is 4.79 Å². The van der Waals surface area contributed by atoms with Crippen molar-refractivity contribution >= 4 is 46.2 Å². The molecule has 7 heteroatoms. The molecule has 3 rings (SSSR count). The Labute approximate surface area is 161 Å². The number of fused-ring (bicyclic) bond motifs is 1. The Hall–Kier alpha value is -2.37. The number of rotatable bonds is 3. The van der Waals surface area contributed by atoms with Gasteiger partial charge in [0.2, 0.25) is 0 Å². The molecular weight excluding hydrogens is 373 g/mol. The fraction of sp³-hybridized carbons (Fsp3) is 0.211. The molecule has 0 fully saturated rings. The van der Waals surface area contributed by atoms with Gasteiger partial charge >= 0.3 is 5.97 Å². The molecule has 1 N–H and O–H groups in total. The van der Waals surface area contributed by atoms with Gasteiger partial charge in [0.25, 0.3) is 0 Å². The number of nitrogens with one attached hydrogen (secondary N) is 1. The largest absolute Gasteiger partial charge is 0.457 e. The van der Waals surface area contributed by atoms with Crippen molar-refractivity contribution in [2.45, 2.75) is 26.4 Å². The van der Waals surface area contributed by atoms with Gasteiger partial charge in [0.05, 0.1) is 27.5 Å². The number of aromatic amines is 1. The molecule has 26 heavy (non-hydrogen) atoms. The van der Waals surface area contributed by atoms with Crippen molar-refractivity contribution < 1.29 is 9.53 Å². The Bertz CT molecular complexity index is 990. The second kappa shape index (κ2) is 7.09. The number of benzene rings is 1. The molecule has 0 atom stereocenters. The van der Waals surface area contributed by atoms with Crippen LogP contribution in [-0.4, -0.2) is 26.8 Å². The average Bonchev–Trinajstić information content (AvgIpc) is 3.09. The van der Waals surface area contributed by atoms with Gasteiger partial charge in [-0.3, -0.25) is 5.10 Å². The number of carbonyl (C=O) groups excluding carboxylic acids is 1. The lowest BCUT2D eigenvalue weighted by atomic mass is 10.0. The summed E-state index contributed by atoms with van der Waals surface area (Å²) in [7, 11) is 0. The maximum absolute atomic E-state index is 11.9. The van der Waals surface area contributed by atoms with Crippen LogP contribution in [0.1, 0.15) is 26.5 Å². The Balaban J connectivity index is 2.09. The zero-order valence-corrected chi connectivity index (χ0v) is 16.0. The number of H-pyrrole nitrogens is 1. The first-order valence-electron chi connectivity index (χ1n) is 7.93. The number of ether oxygens (including phenoxy) is 1. The summed E-state index contributed by atoms with van der Waals surface area (Å²) in [6.07, 6.45) is 6.42. The van der Waals surface area contributed by atoms with E-state index in [-0.39, 0.29) is 0 Å². The number of nitrogens with zero attached hydrogens (tertiary/aromatic N) is 2. The molecule has 3 aromatic rings. The van der Waals surface area contributed by atoms with Crippen LogP contribution in [0, 0.1) is 0 Å². The molecule has 0 amide bonds. The summed E-state index contributed by atoms with van der Waals surface area (Å²) in [6, 6.07) is 5.45. The highest BCUT2D eigenvalue weighted by molar-refractivity contribution is 6.45. The Kier molecular flexibility index (Phi) is 5.03. The van der Waals surface area contributed by atoms with Crippen molar-refractivity contribution in [1.82, 2.24) is 15.2 Å². The lowest BCUT2D eigenvalue weighted by molar-refractivity contribution is -0.148. The summed E-state index contributed by atoms with van der Waals surface area (Å²) in [4.78, 5) is 16.5. The molecule has 0 unspecified atom stereocenters. The monoisotopic (exact) mass is 389 g/mol. The number of hydrogen-bond acceptors (Lipinski definition) is 4. The zero-order valence-electron chi connectivity index (χ0n) is 14.5. The molecule has 0 aliphatic carbocycles. The van der Waals surface area contributed by atoms with E-state index in [1.54, 1.807) is 24.5 Å². The van der Waals surface area contributed by atoms with Crippen molar-refractivity contribution in [3.63, 3.8) is 0 Å². The Morgan fingerprint density at radius 3 is 2.69 bits per heavy atom. The van der Waals surface area contributed by atoms with Gasteiger partial charge < -0.3 is 4.74 Å². The van der Waals surface area contributed by atoms with E-state index in [0.29, 0.717) is 21.3 Å². The van der Waals surface area contributed by atoms with Crippen LogP contribution in [0.15, 0.2) is 36.7 Å². The molecule has 5 nitrogen and oxygen atoms in total. The third-order valence-corrected chi connectivity index (χ3v) is 4.29. The van der Waals surface area contributed by atoms with Crippen LogP contribution >= 0.6 is 23.2 Å². The van der Waals surface area contributed by atoms with Gasteiger partial charge in [0.1, 0.15) is 5.60 Å². The van der Waals surface area contributed by atoms with Crippen LogP contribution < -0.4 is 0 Å². The highest BCUT2D eigenvalue weighted by Crippen LogP contribution is 2.35. The molecule has 0 aliphatic heterocycles. The minimum atomic E-state index is -0.559. The van der Waals surface area contributed by atoms with Gasteiger partial charge in [-0.1, -0.05) is 29.3 Å². The van der Waals surface area contributed by atoms with E-state index >= 15 is 0 Å². The van der Waals surface area contributed by atoms with E-state index in [0.717, 1.165) is 16.5 Å². The highest BCUT2D eigenvalue weighted by atomic mass is 35.5. The first-order valence-corrected chi connectivity index (χ1v) is 8.69. The smallest absolute Gasteiger partial charge is 0.331 e. The number of esters is 1. The van der Waals surface area contributed by atoms with Gasteiger partial charge in [-0.05, 0) is 44.5 Å². The molecular formula is C19H17Cl2N3O2. The Morgan fingerprint density at radius 1 is 1.27 bits per heavy atom. The van der Waals surface area contributed by atoms with Crippen molar-refractivity contribution in [3.05, 3.63) is 52.4 Å². The lowest BCUT2D eigenvalue weighted by Gasteiger charge is -2.17. The lowest BCUT2D eigenvalue weighted by Crippen LogP contribution is -2.22. The van der Waals surface area contributed by atoms with Crippen LogP contribution in [0.3, 0.4) is 0 Å². The highest BCUT2D eigenvalue weighted by Gasteiger charge is 2.15. The molecule has 2 heterocycles. The van der Waals surface area contributed by atoms with Crippen LogP contribution in [0.2, 0.25) is 10.0 Å². The fourth-order valence-electron chi connectivity index (χ4n) is 2.47. The van der Waals surface area contributed by atoms with Crippen LogP contribution in [0.4, 0.5) is 0 Å². The summed E-state index contributed by atoms with van der Waals surface area (Å²) in [5.74, 6) is -0.443. The van der Waals surface area contributed by atoms with E-state index in [1.807, 2.05) is 32.9 Å². The van der Waals surface area contributed by atoms with E-state index < -0.39 is 11.6 Å². The van der Waals surface area contributed by atoms with Gasteiger partial charge in [0, 0.05) is 23.2 Å². The molecule has 0 radical (unpaired) electrons. The van der Waals surface area contributed by atoms with Gasteiger partial charge in [-0.25, -0.2) is 9.78 Å². The third kappa shape index (κ3) is 4.06. The summed E-state index contributed by atoms with van der Waals surface area (Å²) in [5, 5.41) is 8.41. The van der Waals surface area contributed by atoms with Gasteiger partial charge in [0.15, 0.2) is 0 Å². The number of pyridine rings is 1. The number of carbonyl (C=O) groups is 1. The molecule has 134 valence electrons. The molecule has 0 saturated heterocycles. The van der Waals surface area contributed by atoms with Crippen molar-refractivity contribution in [3.8, 4) is 11.1 Å². The van der Waals surface area contributed by atoms with Crippen molar-refractivity contribution in [1.29, 1.82) is 0 Å². The average molecular weight is 390 g/mol. The van der Waals surface area contributed by atoms with E-state index in [2.05, 4.69) is 15.2 Å². The van der Waals surface area contributed by atoms with Crippen molar-refractivity contribution in [2.24, 2.45) is 0 Å². The third-order valence-electron chi connectivity index (χ3n) is 3.50. The van der Waals surface area contributed by atoms with Crippen LogP contribution in [0.25, 0.3) is 28.1 Å². The molecule has 1 aromatic carbocycles. The minimum absolute atomic E-state index is 0.362. The fourth-order valence-corrected chi connectivity index (χ4v) is 2.82.